The van der Waals surface area contributed by atoms with Crippen molar-refractivity contribution in [2.24, 2.45) is 0 Å². The first-order chi connectivity index (χ1) is 11.4. The number of phenolic OH excluding ortho intramolecular Hbond substituents is 2. The van der Waals surface area contributed by atoms with Crippen LogP contribution >= 0.6 is 0 Å². The standard InChI is InChI=1S/C17H14O7/c1-22-14-3-8(4-15(23-2)17(14)21)12-7-11(20)16-10(19)5-9(18)6-13(16)24-12/h3-7,18-19,21H,1-2H3/p-1. The minimum Gasteiger partial charge on any atom is -0.867 e. The van der Waals surface area contributed by atoms with Crippen LogP contribution in [0.5, 0.6) is 28.7 Å². The van der Waals surface area contributed by atoms with Crippen molar-refractivity contribution in [2.45, 2.75) is 0 Å². The Labute approximate surface area is 135 Å². The summed E-state index contributed by atoms with van der Waals surface area (Å²) in [6, 6.07) is 6.28. The van der Waals surface area contributed by atoms with Crippen LogP contribution in [0, 0.1) is 0 Å². The fourth-order valence-electron chi connectivity index (χ4n) is 2.42. The smallest absolute Gasteiger partial charge is 0.197 e. The molecule has 1 aromatic heterocycles. The van der Waals surface area contributed by atoms with E-state index in [2.05, 4.69) is 0 Å². The summed E-state index contributed by atoms with van der Waals surface area (Å²) in [6.07, 6.45) is 0. The molecule has 0 amide bonds. The number of phenols is 2. The van der Waals surface area contributed by atoms with Crippen LogP contribution < -0.4 is 20.0 Å². The highest BCUT2D eigenvalue weighted by molar-refractivity contribution is 5.86. The van der Waals surface area contributed by atoms with Crippen molar-refractivity contribution in [3.63, 3.8) is 0 Å². The fraction of sp³-hybridized carbons (Fsp3) is 0.118. The van der Waals surface area contributed by atoms with Crippen LogP contribution in [0.4, 0.5) is 0 Å². The van der Waals surface area contributed by atoms with Gasteiger partial charge in [-0.3, -0.25) is 4.79 Å². The van der Waals surface area contributed by atoms with Gasteiger partial charge in [-0.05, 0) is 17.9 Å². The maximum Gasteiger partial charge on any atom is 0.197 e. The molecule has 124 valence electrons. The molecule has 0 saturated carbocycles. The van der Waals surface area contributed by atoms with Crippen LogP contribution in [0.2, 0.25) is 0 Å². The Morgan fingerprint density at radius 3 is 2.21 bits per heavy atom. The first-order valence-corrected chi connectivity index (χ1v) is 6.88. The number of aromatic hydroxyl groups is 2. The Morgan fingerprint density at radius 1 is 1.00 bits per heavy atom. The van der Waals surface area contributed by atoms with Gasteiger partial charge < -0.3 is 29.2 Å². The third-order valence-electron chi connectivity index (χ3n) is 3.54. The molecule has 2 N–H and O–H groups in total. The van der Waals surface area contributed by atoms with E-state index >= 15 is 0 Å². The monoisotopic (exact) mass is 329 g/mol. The Bertz CT molecular complexity index is 963. The molecule has 0 aliphatic heterocycles. The van der Waals surface area contributed by atoms with Gasteiger partial charge in [-0.25, -0.2) is 0 Å². The second kappa shape index (κ2) is 5.69. The van der Waals surface area contributed by atoms with Gasteiger partial charge in [-0.1, -0.05) is 0 Å². The minimum absolute atomic E-state index is 0.0131. The number of methoxy groups -OCH3 is 2. The van der Waals surface area contributed by atoms with Crippen molar-refractivity contribution >= 4 is 11.0 Å². The molecule has 0 unspecified atom stereocenters. The van der Waals surface area contributed by atoms with E-state index in [4.69, 9.17) is 13.9 Å². The molecule has 3 aromatic rings. The number of hydrogen-bond acceptors (Lipinski definition) is 7. The summed E-state index contributed by atoms with van der Waals surface area (Å²) in [7, 11) is 2.68. The topological polar surface area (TPSA) is 112 Å². The summed E-state index contributed by atoms with van der Waals surface area (Å²) in [5, 5.41) is 31.3. The van der Waals surface area contributed by atoms with Gasteiger partial charge in [0.15, 0.2) is 5.43 Å². The number of benzene rings is 2. The summed E-state index contributed by atoms with van der Waals surface area (Å²) in [5.74, 6) is -0.853. The van der Waals surface area contributed by atoms with Gasteiger partial charge in [0.05, 0.1) is 14.2 Å². The van der Waals surface area contributed by atoms with E-state index in [9.17, 15) is 20.1 Å². The lowest BCUT2D eigenvalue weighted by atomic mass is 10.1. The van der Waals surface area contributed by atoms with Crippen molar-refractivity contribution in [2.75, 3.05) is 14.2 Å². The summed E-state index contributed by atoms with van der Waals surface area (Å²) < 4.78 is 15.6. The lowest BCUT2D eigenvalue weighted by Gasteiger charge is -2.18. The summed E-state index contributed by atoms with van der Waals surface area (Å²) in [5.41, 5.74) is -0.0999. The average molecular weight is 329 g/mol. The number of fused-ring (bicyclic) bond motifs is 1. The first kappa shape index (κ1) is 15.5. The third-order valence-corrected chi connectivity index (χ3v) is 3.54. The maximum absolute atomic E-state index is 12.3. The minimum atomic E-state index is -0.493. The van der Waals surface area contributed by atoms with Crippen LogP contribution in [-0.4, -0.2) is 24.4 Å². The average Bonchev–Trinajstić information content (AvgIpc) is 2.53. The molecule has 2 aromatic carbocycles. The molecule has 0 saturated heterocycles. The highest BCUT2D eigenvalue weighted by Crippen LogP contribution is 2.39. The molecular weight excluding hydrogens is 316 g/mol. The molecule has 3 rings (SSSR count). The molecule has 0 aliphatic carbocycles. The molecule has 0 radical (unpaired) electrons. The van der Waals surface area contributed by atoms with Gasteiger partial charge in [0.25, 0.3) is 0 Å². The summed E-state index contributed by atoms with van der Waals surface area (Å²) in [4.78, 5) is 12.3. The van der Waals surface area contributed by atoms with E-state index in [-0.39, 0.29) is 39.7 Å². The Hall–Kier alpha value is -3.35. The second-order valence-corrected chi connectivity index (χ2v) is 5.02. The molecule has 0 spiro atoms. The van der Waals surface area contributed by atoms with Crippen molar-refractivity contribution in [3.8, 4) is 40.1 Å². The van der Waals surface area contributed by atoms with E-state index in [1.807, 2.05) is 0 Å². The van der Waals surface area contributed by atoms with Gasteiger partial charge in [0.2, 0.25) is 0 Å². The van der Waals surface area contributed by atoms with E-state index < -0.39 is 11.2 Å². The van der Waals surface area contributed by atoms with Crippen LogP contribution in [0.3, 0.4) is 0 Å². The van der Waals surface area contributed by atoms with E-state index in [0.717, 1.165) is 6.07 Å². The van der Waals surface area contributed by atoms with Gasteiger partial charge >= 0.3 is 0 Å². The van der Waals surface area contributed by atoms with Gasteiger partial charge in [-0.2, -0.15) is 0 Å². The zero-order valence-corrected chi connectivity index (χ0v) is 12.8. The lowest BCUT2D eigenvalue weighted by Crippen LogP contribution is -2.02. The number of rotatable bonds is 3. The molecule has 1 heterocycles. The van der Waals surface area contributed by atoms with Crippen molar-refractivity contribution in [3.05, 3.63) is 40.6 Å². The highest BCUT2D eigenvalue weighted by Gasteiger charge is 2.14. The Balaban J connectivity index is 2.29. The summed E-state index contributed by atoms with van der Waals surface area (Å²) >= 11 is 0. The molecule has 7 nitrogen and oxygen atoms in total. The van der Waals surface area contributed by atoms with Crippen molar-refractivity contribution < 1.29 is 29.2 Å². The largest absolute Gasteiger partial charge is 0.867 e. The second-order valence-electron chi connectivity index (χ2n) is 5.02. The van der Waals surface area contributed by atoms with Gasteiger partial charge in [-0.15, -0.1) is 0 Å². The zero-order chi connectivity index (χ0) is 17.4. The van der Waals surface area contributed by atoms with Gasteiger partial charge in [0.1, 0.15) is 39.7 Å². The third kappa shape index (κ3) is 2.45. The first-order valence-electron chi connectivity index (χ1n) is 6.88. The van der Waals surface area contributed by atoms with E-state index in [1.54, 1.807) is 0 Å². The normalized spacial score (nSPS) is 10.8. The predicted octanol–water partition coefficient (Wildman–Crippen LogP) is 1.96. The molecule has 0 aliphatic rings. The van der Waals surface area contributed by atoms with E-state index in [0.29, 0.717) is 5.56 Å². The molecule has 0 fully saturated rings. The van der Waals surface area contributed by atoms with Crippen LogP contribution in [0.1, 0.15) is 0 Å². The zero-order valence-electron chi connectivity index (χ0n) is 12.8. The Kier molecular flexibility index (Phi) is 3.69. The molecular formula is C17H13O7-. The Morgan fingerprint density at radius 2 is 1.62 bits per heavy atom. The van der Waals surface area contributed by atoms with Crippen LogP contribution in [0.15, 0.2) is 39.5 Å². The highest BCUT2D eigenvalue weighted by atomic mass is 16.5. The lowest BCUT2D eigenvalue weighted by molar-refractivity contribution is -0.271. The molecule has 24 heavy (non-hydrogen) atoms. The molecule has 7 heteroatoms. The summed E-state index contributed by atoms with van der Waals surface area (Å²) in [6.45, 7) is 0. The number of hydrogen-bond donors (Lipinski definition) is 2. The maximum atomic E-state index is 12.3. The fourth-order valence-corrected chi connectivity index (χ4v) is 2.42. The predicted molar refractivity (Wildman–Crippen MR) is 83.8 cm³/mol. The quantitative estimate of drug-likeness (QED) is 0.755. The van der Waals surface area contributed by atoms with Crippen LogP contribution in [-0.2, 0) is 0 Å². The van der Waals surface area contributed by atoms with Crippen LogP contribution in [0.25, 0.3) is 22.3 Å². The van der Waals surface area contributed by atoms with Crippen molar-refractivity contribution in [1.29, 1.82) is 0 Å². The van der Waals surface area contributed by atoms with Gasteiger partial charge in [0, 0.05) is 23.8 Å². The number of ether oxygens (including phenoxy) is 2. The van der Waals surface area contributed by atoms with Crippen molar-refractivity contribution in [1.82, 2.24) is 0 Å². The van der Waals surface area contributed by atoms with E-state index in [1.165, 1.54) is 38.5 Å². The SMILES string of the molecule is COc1cc(-c2cc(=O)c3c(O)cc(O)cc3o2)cc(OC)c1[O-]. The molecule has 0 bridgehead atoms. The molecule has 0 atom stereocenters.